The normalized spacial score (nSPS) is 23.6. The summed E-state index contributed by atoms with van der Waals surface area (Å²) in [5, 5.41) is 21.7. The van der Waals surface area contributed by atoms with E-state index in [0.29, 0.717) is 31.5 Å². The summed E-state index contributed by atoms with van der Waals surface area (Å²) in [5.74, 6) is -0.200. The molecule has 2 aliphatic rings. The van der Waals surface area contributed by atoms with Gasteiger partial charge in [0.15, 0.2) is 0 Å². The van der Waals surface area contributed by atoms with Gasteiger partial charge in [-0.3, -0.25) is 9.69 Å². The van der Waals surface area contributed by atoms with E-state index in [1.54, 1.807) is 49.9 Å². The van der Waals surface area contributed by atoms with Crippen molar-refractivity contribution in [3.63, 3.8) is 0 Å². The van der Waals surface area contributed by atoms with Crippen LogP contribution in [0.5, 0.6) is 0 Å². The summed E-state index contributed by atoms with van der Waals surface area (Å²) in [5.41, 5.74) is 0.700. The van der Waals surface area contributed by atoms with Gasteiger partial charge >= 0.3 is 6.09 Å². The molecule has 3 atom stereocenters. The van der Waals surface area contributed by atoms with E-state index in [9.17, 15) is 14.9 Å². The number of nitriles is 2. The molecule has 0 radical (unpaired) electrons. The van der Waals surface area contributed by atoms with E-state index >= 15 is 0 Å². The Bertz CT molecular complexity index is 878. The highest BCUT2D eigenvalue weighted by molar-refractivity contribution is 5.87. The summed E-state index contributed by atoms with van der Waals surface area (Å²) in [7, 11) is 0. The molecule has 30 heavy (non-hydrogen) atoms. The third-order valence-electron chi connectivity index (χ3n) is 5.28. The van der Waals surface area contributed by atoms with Gasteiger partial charge in [-0.05, 0) is 64.3 Å². The average molecular weight is 409 g/mol. The number of nitrogens with zero attached hydrogens (tertiary/aromatic N) is 4. The first-order valence-electron chi connectivity index (χ1n) is 10.2. The predicted octanol–water partition coefficient (Wildman–Crippen LogP) is 2.86. The molecular formula is C22H27N5O3. The van der Waals surface area contributed by atoms with Gasteiger partial charge in [-0.25, -0.2) is 4.79 Å². The van der Waals surface area contributed by atoms with Gasteiger partial charge in [-0.1, -0.05) is 0 Å². The van der Waals surface area contributed by atoms with Gasteiger partial charge in [-0.15, -0.1) is 0 Å². The molecule has 1 aromatic carbocycles. The van der Waals surface area contributed by atoms with Crippen LogP contribution in [-0.4, -0.2) is 58.6 Å². The number of hydrogen-bond donors (Lipinski definition) is 1. The van der Waals surface area contributed by atoms with Crippen LogP contribution in [0.25, 0.3) is 0 Å². The zero-order chi connectivity index (χ0) is 21.9. The number of carbonyl (C=O) groups is 2. The van der Waals surface area contributed by atoms with Crippen molar-refractivity contribution < 1.29 is 14.3 Å². The van der Waals surface area contributed by atoms with E-state index in [-0.39, 0.29) is 11.9 Å². The zero-order valence-electron chi connectivity index (χ0n) is 17.6. The standard InChI is InChI=1S/C22H27N5O3/c1-22(2,3)30-21(29)27-14-17(25-16-8-6-15(12-23)7-9-16)11-19(27)20(28)26-10-4-5-18(26)13-24/h6-9,17-19,25H,4-5,10-11,14H2,1-3H3/t17-,18-,19-/m0/s1. The summed E-state index contributed by atoms with van der Waals surface area (Å²) in [6, 6.07) is 10.0. The van der Waals surface area contributed by atoms with Gasteiger partial charge in [0.05, 0.1) is 17.7 Å². The molecule has 0 aromatic heterocycles. The smallest absolute Gasteiger partial charge is 0.411 e. The number of likely N-dealkylation sites (tertiary alicyclic amines) is 2. The van der Waals surface area contributed by atoms with Crippen molar-refractivity contribution in [2.45, 2.75) is 63.8 Å². The van der Waals surface area contributed by atoms with Crippen LogP contribution < -0.4 is 5.32 Å². The summed E-state index contributed by atoms with van der Waals surface area (Å²) >= 11 is 0. The Morgan fingerprint density at radius 3 is 2.47 bits per heavy atom. The number of carbonyl (C=O) groups excluding carboxylic acids is 2. The molecule has 1 aromatic rings. The highest BCUT2D eigenvalue weighted by Gasteiger charge is 2.45. The number of anilines is 1. The summed E-state index contributed by atoms with van der Waals surface area (Å²) in [4.78, 5) is 29.1. The lowest BCUT2D eigenvalue weighted by molar-refractivity contribution is -0.135. The lowest BCUT2D eigenvalue weighted by Gasteiger charge is -2.30. The minimum Gasteiger partial charge on any atom is -0.444 e. The van der Waals surface area contributed by atoms with Crippen LogP contribution in [-0.2, 0) is 9.53 Å². The number of amides is 2. The van der Waals surface area contributed by atoms with Crippen molar-refractivity contribution in [1.29, 1.82) is 10.5 Å². The second-order valence-electron chi connectivity index (χ2n) is 8.73. The molecule has 0 spiro atoms. The number of benzene rings is 1. The molecule has 1 N–H and O–H groups in total. The first kappa shape index (κ1) is 21.4. The molecule has 8 heteroatoms. The topological polar surface area (TPSA) is 109 Å². The van der Waals surface area contributed by atoms with E-state index in [0.717, 1.165) is 12.1 Å². The van der Waals surface area contributed by atoms with E-state index in [1.165, 1.54) is 4.90 Å². The maximum absolute atomic E-state index is 13.2. The molecule has 0 unspecified atom stereocenters. The quantitative estimate of drug-likeness (QED) is 0.822. The Morgan fingerprint density at radius 1 is 1.17 bits per heavy atom. The van der Waals surface area contributed by atoms with Crippen LogP contribution in [0.1, 0.15) is 45.6 Å². The van der Waals surface area contributed by atoms with E-state index < -0.39 is 23.8 Å². The van der Waals surface area contributed by atoms with Crippen LogP contribution >= 0.6 is 0 Å². The number of ether oxygens (including phenoxy) is 1. The molecule has 0 saturated carbocycles. The molecule has 158 valence electrons. The Labute approximate surface area is 177 Å². The number of nitrogens with one attached hydrogen (secondary N) is 1. The van der Waals surface area contributed by atoms with Gasteiger partial charge in [-0.2, -0.15) is 10.5 Å². The molecule has 0 bridgehead atoms. The lowest BCUT2D eigenvalue weighted by Crippen LogP contribution is -2.50. The van der Waals surface area contributed by atoms with E-state index in [1.807, 2.05) is 0 Å². The molecule has 3 rings (SSSR count). The van der Waals surface area contributed by atoms with Crippen molar-refractivity contribution in [2.75, 3.05) is 18.4 Å². The molecule has 8 nitrogen and oxygen atoms in total. The Morgan fingerprint density at radius 2 is 1.87 bits per heavy atom. The molecule has 2 saturated heterocycles. The maximum Gasteiger partial charge on any atom is 0.411 e. The highest BCUT2D eigenvalue weighted by Crippen LogP contribution is 2.28. The van der Waals surface area contributed by atoms with E-state index in [4.69, 9.17) is 10.00 Å². The minimum absolute atomic E-state index is 0.150. The predicted molar refractivity (Wildman–Crippen MR) is 110 cm³/mol. The Balaban J connectivity index is 1.78. The zero-order valence-corrected chi connectivity index (χ0v) is 17.6. The van der Waals surface area contributed by atoms with Crippen LogP contribution in [0.15, 0.2) is 24.3 Å². The van der Waals surface area contributed by atoms with Crippen molar-refractivity contribution in [3.8, 4) is 12.1 Å². The molecule has 2 aliphatic heterocycles. The summed E-state index contributed by atoms with van der Waals surface area (Å²) < 4.78 is 5.53. The van der Waals surface area contributed by atoms with Crippen LogP contribution in [0.3, 0.4) is 0 Å². The highest BCUT2D eigenvalue weighted by atomic mass is 16.6. The fraction of sp³-hybridized carbons (Fsp3) is 0.545. The largest absolute Gasteiger partial charge is 0.444 e. The van der Waals surface area contributed by atoms with Crippen LogP contribution in [0, 0.1) is 22.7 Å². The minimum atomic E-state index is -0.676. The average Bonchev–Trinajstić information content (AvgIpc) is 3.33. The van der Waals surface area contributed by atoms with Crippen LogP contribution in [0.2, 0.25) is 0 Å². The van der Waals surface area contributed by atoms with Crippen molar-refractivity contribution >= 4 is 17.7 Å². The fourth-order valence-corrected chi connectivity index (χ4v) is 3.93. The van der Waals surface area contributed by atoms with Gasteiger partial charge in [0.25, 0.3) is 0 Å². The maximum atomic E-state index is 13.2. The Kier molecular flexibility index (Phi) is 6.17. The van der Waals surface area contributed by atoms with E-state index in [2.05, 4.69) is 17.5 Å². The fourth-order valence-electron chi connectivity index (χ4n) is 3.93. The third-order valence-corrected chi connectivity index (χ3v) is 5.28. The second kappa shape index (κ2) is 8.62. The molecule has 2 heterocycles. The SMILES string of the molecule is CC(C)(C)OC(=O)N1C[C@@H](Nc2ccc(C#N)cc2)C[C@H]1C(=O)N1CCC[C@H]1C#N. The van der Waals surface area contributed by atoms with Crippen molar-refractivity contribution in [2.24, 2.45) is 0 Å². The first-order valence-corrected chi connectivity index (χ1v) is 10.2. The summed E-state index contributed by atoms with van der Waals surface area (Å²) in [6.45, 7) is 6.21. The Hall–Kier alpha value is -3.26. The lowest BCUT2D eigenvalue weighted by atomic mass is 10.1. The van der Waals surface area contributed by atoms with Crippen molar-refractivity contribution in [1.82, 2.24) is 9.80 Å². The van der Waals surface area contributed by atoms with Crippen molar-refractivity contribution in [3.05, 3.63) is 29.8 Å². The van der Waals surface area contributed by atoms with Gasteiger partial charge in [0.1, 0.15) is 17.7 Å². The molecule has 2 fully saturated rings. The van der Waals surface area contributed by atoms with Gasteiger partial charge in [0, 0.05) is 24.8 Å². The summed E-state index contributed by atoms with van der Waals surface area (Å²) in [6.07, 6.45) is 1.34. The second-order valence-corrected chi connectivity index (χ2v) is 8.73. The molecule has 0 aliphatic carbocycles. The first-order chi connectivity index (χ1) is 14.2. The molecular weight excluding hydrogens is 382 g/mol. The number of hydrogen-bond acceptors (Lipinski definition) is 6. The third kappa shape index (κ3) is 4.83. The molecule has 2 amide bonds. The monoisotopic (exact) mass is 409 g/mol. The van der Waals surface area contributed by atoms with Gasteiger partial charge < -0.3 is 15.0 Å². The number of rotatable bonds is 3. The van der Waals surface area contributed by atoms with Crippen LogP contribution in [0.4, 0.5) is 10.5 Å². The van der Waals surface area contributed by atoms with Gasteiger partial charge in [0.2, 0.25) is 5.91 Å².